The Balaban J connectivity index is 1.41. The van der Waals surface area contributed by atoms with Crippen molar-refractivity contribution in [2.45, 2.75) is 32.2 Å². The highest BCUT2D eigenvalue weighted by molar-refractivity contribution is 5.65. The number of aryl methyl sites for hydroxylation is 2. The van der Waals surface area contributed by atoms with E-state index < -0.39 is 0 Å². The molecule has 1 aromatic carbocycles. The lowest BCUT2D eigenvalue weighted by Crippen LogP contribution is -2.18. The summed E-state index contributed by atoms with van der Waals surface area (Å²) >= 11 is 0. The zero-order chi connectivity index (χ0) is 22.1. The minimum absolute atomic E-state index is 0.0465. The van der Waals surface area contributed by atoms with Gasteiger partial charge in [0.15, 0.2) is 5.82 Å². The summed E-state index contributed by atoms with van der Waals surface area (Å²) < 4.78 is 23.0. The molecule has 0 aliphatic carbocycles. The van der Waals surface area contributed by atoms with Gasteiger partial charge in [-0.1, -0.05) is 12.1 Å². The van der Waals surface area contributed by atoms with Gasteiger partial charge in [-0.15, -0.1) is 0 Å². The fourth-order valence-corrected chi connectivity index (χ4v) is 4.08. The van der Waals surface area contributed by atoms with Gasteiger partial charge in [0.1, 0.15) is 17.3 Å². The van der Waals surface area contributed by atoms with Gasteiger partial charge in [0.2, 0.25) is 5.88 Å². The highest BCUT2D eigenvalue weighted by Crippen LogP contribution is 2.32. The fourth-order valence-electron chi connectivity index (χ4n) is 4.08. The molecule has 4 aromatic rings. The Morgan fingerprint density at radius 3 is 2.84 bits per heavy atom. The van der Waals surface area contributed by atoms with E-state index in [1.807, 2.05) is 52.7 Å². The molecule has 8 heteroatoms. The van der Waals surface area contributed by atoms with Crippen LogP contribution in [0.2, 0.25) is 0 Å². The first-order valence-electron chi connectivity index (χ1n) is 10.5. The molecule has 0 saturated heterocycles. The zero-order valence-electron chi connectivity index (χ0n) is 17.9. The van der Waals surface area contributed by atoms with Crippen LogP contribution in [0.25, 0.3) is 17.8 Å². The SMILES string of the molecule is COc1nc(/C=C/c2nc3n(n2)CCC[C@@H]3c2cccc(F)c2)ccc1-n1cnc(C)c1. The Hall–Kier alpha value is -3.81. The molecule has 0 spiro atoms. The summed E-state index contributed by atoms with van der Waals surface area (Å²) in [5.74, 6) is 1.81. The van der Waals surface area contributed by atoms with Crippen LogP contribution in [0, 0.1) is 12.7 Å². The Labute approximate surface area is 185 Å². The van der Waals surface area contributed by atoms with Crippen LogP contribution in [0.5, 0.6) is 5.88 Å². The molecule has 4 heterocycles. The molecule has 1 aliphatic rings. The Bertz CT molecular complexity index is 1290. The number of methoxy groups -OCH3 is 1. The number of hydrogen-bond donors (Lipinski definition) is 0. The number of aromatic nitrogens is 6. The number of pyridine rings is 1. The van der Waals surface area contributed by atoms with Crippen LogP contribution in [0.3, 0.4) is 0 Å². The van der Waals surface area contributed by atoms with Crippen molar-refractivity contribution in [3.05, 3.63) is 83.3 Å². The van der Waals surface area contributed by atoms with Crippen LogP contribution in [-0.2, 0) is 6.54 Å². The Kier molecular flexibility index (Phi) is 5.26. The highest BCUT2D eigenvalue weighted by Gasteiger charge is 2.25. The molecule has 1 aliphatic heterocycles. The monoisotopic (exact) mass is 430 g/mol. The third-order valence-corrected chi connectivity index (χ3v) is 5.59. The Morgan fingerprint density at radius 2 is 2.06 bits per heavy atom. The van der Waals surface area contributed by atoms with Gasteiger partial charge in [-0.25, -0.2) is 24.0 Å². The summed E-state index contributed by atoms with van der Waals surface area (Å²) in [5, 5.41) is 4.63. The molecule has 0 radical (unpaired) electrons. The van der Waals surface area contributed by atoms with Crippen molar-refractivity contribution in [3.8, 4) is 11.6 Å². The van der Waals surface area contributed by atoms with Crippen LogP contribution in [0.1, 0.15) is 47.4 Å². The lowest BCUT2D eigenvalue weighted by molar-refractivity contribution is 0.395. The molecule has 5 rings (SSSR count). The average molecular weight is 430 g/mol. The number of hydrogen-bond acceptors (Lipinski definition) is 5. The summed E-state index contributed by atoms with van der Waals surface area (Å²) in [6, 6.07) is 10.6. The van der Waals surface area contributed by atoms with Crippen molar-refractivity contribution in [2.75, 3.05) is 7.11 Å². The molecule has 0 unspecified atom stereocenters. The van der Waals surface area contributed by atoms with Crippen molar-refractivity contribution < 1.29 is 9.13 Å². The molecule has 32 heavy (non-hydrogen) atoms. The second-order valence-electron chi connectivity index (χ2n) is 7.82. The number of fused-ring (bicyclic) bond motifs is 1. The van der Waals surface area contributed by atoms with E-state index in [1.165, 1.54) is 6.07 Å². The Morgan fingerprint density at radius 1 is 1.16 bits per heavy atom. The molecular weight excluding hydrogens is 407 g/mol. The first-order valence-corrected chi connectivity index (χ1v) is 10.5. The van der Waals surface area contributed by atoms with E-state index in [1.54, 1.807) is 25.6 Å². The molecule has 3 aromatic heterocycles. The zero-order valence-corrected chi connectivity index (χ0v) is 17.9. The second-order valence-corrected chi connectivity index (χ2v) is 7.82. The maximum Gasteiger partial charge on any atom is 0.238 e. The van der Waals surface area contributed by atoms with Gasteiger partial charge >= 0.3 is 0 Å². The third kappa shape index (κ3) is 3.91. The average Bonchev–Trinajstić information content (AvgIpc) is 3.43. The number of halogens is 1. The van der Waals surface area contributed by atoms with Gasteiger partial charge in [-0.2, -0.15) is 5.10 Å². The van der Waals surface area contributed by atoms with Crippen LogP contribution < -0.4 is 4.74 Å². The van der Waals surface area contributed by atoms with E-state index in [0.717, 1.165) is 47.8 Å². The second kappa shape index (κ2) is 8.37. The first-order chi connectivity index (χ1) is 15.6. The number of ether oxygens (including phenoxy) is 1. The van der Waals surface area contributed by atoms with Gasteiger partial charge in [0.25, 0.3) is 0 Å². The van der Waals surface area contributed by atoms with Crippen molar-refractivity contribution in [3.63, 3.8) is 0 Å². The lowest BCUT2D eigenvalue weighted by atomic mass is 9.91. The summed E-state index contributed by atoms with van der Waals surface area (Å²) in [6.45, 7) is 2.75. The topological polar surface area (TPSA) is 70.7 Å². The molecule has 0 saturated carbocycles. The highest BCUT2D eigenvalue weighted by atomic mass is 19.1. The van der Waals surface area contributed by atoms with E-state index in [0.29, 0.717) is 11.7 Å². The molecule has 0 fully saturated rings. The molecule has 0 amide bonds. The van der Waals surface area contributed by atoms with Gasteiger partial charge < -0.3 is 9.30 Å². The van der Waals surface area contributed by atoms with Crippen molar-refractivity contribution in [1.82, 2.24) is 29.3 Å². The number of nitrogens with zero attached hydrogens (tertiary/aromatic N) is 6. The summed E-state index contributed by atoms with van der Waals surface area (Å²) in [7, 11) is 1.60. The van der Waals surface area contributed by atoms with E-state index in [9.17, 15) is 4.39 Å². The minimum atomic E-state index is -0.228. The van der Waals surface area contributed by atoms with E-state index in [4.69, 9.17) is 9.72 Å². The van der Waals surface area contributed by atoms with E-state index >= 15 is 0 Å². The predicted octanol–water partition coefficient (Wildman–Crippen LogP) is 4.41. The standard InChI is InChI=1S/C24H23FN6O/c1-16-14-30(15-26-16)21-10-8-19(27-24(21)32-2)9-11-22-28-23-20(7-4-12-31(23)29-22)17-5-3-6-18(25)13-17/h3,5-6,8-11,13-15,20H,4,7,12H2,1-2H3/b11-9+/t20-/m1/s1. The maximum absolute atomic E-state index is 13.7. The number of benzene rings is 1. The quantitative estimate of drug-likeness (QED) is 0.469. The van der Waals surface area contributed by atoms with E-state index in [2.05, 4.69) is 15.1 Å². The minimum Gasteiger partial charge on any atom is -0.479 e. The van der Waals surface area contributed by atoms with Crippen LogP contribution in [0.15, 0.2) is 48.9 Å². The van der Waals surface area contributed by atoms with Crippen LogP contribution in [0.4, 0.5) is 4.39 Å². The van der Waals surface area contributed by atoms with Crippen molar-refractivity contribution >= 4 is 12.2 Å². The van der Waals surface area contributed by atoms with E-state index in [-0.39, 0.29) is 11.7 Å². The van der Waals surface area contributed by atoms with Crippen molar-refractivity contribution in [2.24, 2.45) is 0 Å². The molecule has 7 nitrogen and oxygen atoms in total. The summed E-state index contributed by atoms with van der Waals surface area (Å²) in [6.07, 6.45) is 9.28. The summed E-state index contributed by atoms with van der Waals surface area (Å²) in [4.78, 5) is 13.6. The summed E-state index contributed by atoms with van der Waals surface area (Å²) in [5.41, 5.74) is 3.41. The predicted molar refractivity (Wildman–Crippen MR) is 119 cm³/mol. The lowest BCUT2D eigenvalue weighted by Gasteiger charge is -2.22. The molecule has 1 atom stereocenters. The third-order valence-electron chi connectivity index (χ3n) is 5.59. The van der Waals surface area contributed by atoms with Gasteiger partial charge in [0, 0.05) is 18.7 Å². The molecule has 162 valence electrons. The number of rotatable bonds is 5. The smallest absolute Gasteiger partial charge is 0.238 e. The van der Waals surface area contributed by atoms with Gasteiger partial charge in [0.05, 0.1) is 24.8 Å². The number of imidazole rings is 1. The molecule has 0 bridgehead atoms. The normalized spacial score (nSPS) is 15.8. The maximum atomic E-state index is 13.7. The largest absolute Gasteiger partial charge is 0.479 e. The molecule has 0 N–H and O–H groups in total. The van der Waals surface area contributed by atoms with Crippen molar-refractivity contribution in [1.29, 1.82) is 0 Å². The van der Waals surface area contributed by atoms with Gasteiger partial charge in [-0.3, -0.25) is 0 Å². The first kappa shape index (κ1) is 20.1. The molecular formula is C24H23FN6O. The fraction of sp³-hybridized carbons (Fsp3) is 0.250. The van der Waals surface area contributed by atoms with Gasteiger partial charge in [-0.05, 0) is 61.7 Å². The van der Waals surface area contributed by atoms with Crippen LogP contribution >= 0.6 is 0 Å². The van der Waals surface area contributed by atoms with Crippen LogP contribution in [-0.4, -0.2) is 36.4 Å².